The second-order valence-corrected chi connectivity index (χ2v) is 7.99. The van der Waals surface area contributed by atoms with Gasteiger partial charge in [0, 0.05) is 18.1 Å². The molecule has 0 radical (unpaired) electrons. The molecule has 6 nitrogen and oxygen atoms in total. The molecule has 2 aromatic carbocycles. The summed E-state index contributed by atoms with van der Waals surface area (Å²) in [6.45, 7) is 5.36. The van der Waals surface area contributed by atoms with Crippen LogP contribution in [0.15, 0.2) is 46.9 Å². The highest BCUT2D eigenvalue weighted by Crippen LogP contribution is 2.31. The smallest absolute Gasteiger partial charge is 0.257 e. The molecule has 7 heteroatoms. The Bertz CT molecular complexity index is 1060. The maximum atomic E-state index is 13.2. The number of halogens is 1. The van der Waals surface area contributed by atoms with Gasteiger partial charge in [0.15, 0.2) is 11.5 Å². The molecule has 1 aliphatic heterocycles. The monoisotopic (exact) mass is 455 g/mol. The van der Waals surface area contributed by atoms with Crippen molar-refractivity contribution in [2.75, 3.05) is 20.3 Å². The van der Waals surface area contributed by atoms with E-state index in [2.05, 4.69) is 21.0 Å². The zero-order valence-electron chi connectivity index (χ0n) is 16.6. The fourth-order valence-electron chi connectivity index (χ4n) is 3.51. The van der Waals surface area contributed by atoms with Crippen molar-refractivity contribution < 1.29 is 14.3 Å². The lowest BCUT2D eigenvalue weighted by Crippen LogP contribution is -2.27. The summed E-state index contributed by atoms with van der Waals surface area (Å²) >= 11 is 3.45. The number of benzene rings is 2. The zero-order valence-corrected chi connectivity index (χ0v) is 18.2. The number of aryl methyl sites for hydroxylation is 1. The van der Waals surface area contributed by atoms with E-state index in [1.165, 1.54) is 0 Å². The van der Waals surface area contributed by atoms with Gasteiger partial charge in [-0.15, -0.1) is 0 Å². The van der Waals surface area contributed by atoms with Crippen molar-refractivity contribution in [3.05, 3.63) is 69.5 Å². The molecule has 0 spiro atoms. The zero-order chi connectivity index (χ0) is 20.5. The summed E-state index contributed by atoms with van der Waals surface area (Å²) < 4.78 is 14.0. The predicted octanol–water partition coefficient (Wildman–Crippen LogP) is 4.30. The van der Waals surface area contributed by atoms with Crippen LogP contribution in [0, 0.1) is 13.8 Å². The molecular formula is C22H22BrN3O3. The quantitative estimate of drug-likeness (QED) is 0.588. The van der Waals surface area contributed by atoms with Crippen LogP contribution in [-0.4, -0.2) is 40.8 Å². The molecule has 1 amide bonds. The van der Waals surface area contributed by atoms with Crippen LogP contribution in [0.25, 0.3) is 5.69 Å². The lowest BCUT2D eigenvalue weighted by Gasteiger charge is -2.21. The van der Waals surface area contributed by atoms with E-state index in [1.54, 1.807) is 11.9 Å². The van der Waals surface area contributed by atoms with E-state index in [0.717, 1.165) is 32.9 Å². The average Bonchev–Trinajstić information content (AvgIpc) is 3.02. The van der Waals surface area contributed by atoms with Crippen molar-refractivity contribution in [1.82, 2.24) is 14.7 Å². The van der Waals surface area contributed by atoms with Crippen LogP contribution >= 0.6 is 15.9 Å². The molecule has 0 aliphatic carbocycles. The van der Waals surface area contributed by atoms with Gasteiger partial charge in [0.1, 0.15) is 13.2 Å². The van der Waals surface area contributed by atoms with Crippen molar-refractivity contribution in [3.8, 4) is 17.2 Å². The van der Waals surface area contributed by atoms with Gasteiger partial charge in [-0.3, -0.25) is 4.79 Å². The molecule has 3 aromatic rings. The molecule has 150 valence electrons. The summed E-state index contributed by atoms with van der Waals surface area (Å²) in [4.78, 5) is 14.9. The van der Waals surface area contributed by atoms with E-state index in [1.807, 2.05) is 61.0 Å². The first kappa shape index (κ1) is 19.5. The number of aromatic nitrogens is 2. The van der Waals surface area contributed by atoms with Gasteiger partial charge in [0.25, 0.3) is 5.91 Å². The standard InChI is InChI=1S/C22H22BrN3O3/c1-14-21(15(2)26(24-14)18-7-5-17(23)6-8-18)22(27)25(3)13-16-4-9-19-20(12-16)29-11-10-28-19/h4-9,12H,10-11,13H2,1-3H3. The Morgan fingerprint density at radius 1 is 1.10 bits per heavy atom. The van der Waals surface area contributed by atoms with Gasteiger partial charge >= 0.3 is 0 Å². The Kier molecular flexibility index (Phi) is 5.32. The highest BCUT2D eigenvalue weighted by atomic mass is 79.9. The largest absolute Gasteiger partial charge is 0.486 e. The Morgan fingerprint density at radius 3 is 2.52 bits per heavy atom. The summed E-state index contributed by atoms with van der Waals surface area (Å²) in [5.74, 6) is 1.42. The number of hydrogen-bond donors (Lipinski definition) is 0. The minimum absolute atomic E-state index is 0.0572. The number of amides is 1. The van der Waals surface area contributed by atoms with E-state index < -0.39 is 0 Å². The summed E-state index contributed by atoms with van der Waals surface area (Å²) in [5.41, 5.74) is 4.07. The molecule has 0 atom stereocenters. The number of carbonyl (C=O) groups is 1. The number of nitrogens with zero attached hydrogens (tertiary/aromatic N) is 3. The Hall–Kier alpha value is -2.80. The van der Waals surface area contributed by atoms with Crippen molar-refractivity contribution in [1.29, 1.82) is 0 Å². The molecule has 0 unspecified atom stereocenters. The number of carbonyl (C=O) groups excluding carboxylic acids is 1. The molecule has 0 saturated carbocycles. The summed E-state index contributed by atoms with van der Waals surface area (Å²) in [6, 6.07) is 13.6. The first-order valence-electron chi connectivity index (χ1n) is 9.40. The van der Waals surface area contributed by atoms with Crippen LogP contribution in [0.1, 0.15) is 27.3 Å². The van der Waals surface area contributed by atoms with Gasteiger partial charge in [-0.2, -0.15) is 5.10 Å². The van der Waals surface area contributed by atoms with Crippen molar-refractivity contribution >= 4 is 21.8 Å². The molecule has 1 aliphatic rings. The topological polar surface area (TPSA) is 56.6 Å². The summed E-state index contributed by atoms with van der Waals surface area (Å²) in [7, 11) is 1.80. The highest BCUT2D eigenvalue weighted by molar-refractivity contribution is 9.10. The van der Waals surface area contributed by atoms with Gasteiger partial charge in [-0.05, 0) is 55.8 Å². The third-order valence-corrected chi connectivity index (χ3v) is 5.48. The first-order chi connectivity index (χ1) is 13.9. The Morgan fingerprint density at radius 2 is 1.79 bits per heavy atom. The number of hydrogen-bond acceptors (Lipinski definition) is 4. The van der Waals surface area contributed by atoms with E-state index in [4.69, 9.17) is 9.47 Å². The molecule has 0 fully saturated rings. The van der Waals surface area contributed by atoms with Crippen LogP contribution in [0.4, 0.5) is 0 Å². The lowest BCUT2D eigenvalue weighted by atomic mass is 10.1. The van der Waals surface area contributed by atoms with Gasteiger partial charge in [0.2, 0.25) is 0 Å². The van der Waals surface area contributed by atoms with Gasteiger partial charge < -0.3 is 14.4 Å². The first-order valence-corrected chi connectivity index (χ1v) is 10.2. The second kappa shape index (κ2) is 7.91. The van der Waals surface area contributed by atoms with Crippen LogP contribution < -0.4 is 9.47 Å². The fourth-order valence-corrected chi connectivity index (χ4v) is 3.77. The number of rotatable bonds is 4. The second-order valence-electron chi connectivity index (χ2n) is 7.07. The lowest BCUT2D eigenvalue weighted by molar-refractivity contribution is 0.0783. The van der Waals surface area contributed by atoms with Gasteiger partial charge in [-0.25, -0.2) is 4.68 Å². The minimum atomic E-state index is -0.0572. The maximum Gasteiger partial charge on any atom is 0.257 e. The highest BCUT2D eigenvalue weighted by Gasteiger charge is 2.23. The molecule has 4 rings (SSSR count). The molecule has 0 N–H and O–H groups in total. The van der Waals surface area contributed by atoms with Gasteiger partial charge in [-0.1, -0.05) is 22.0 Å². The van der Waals surface area contributed by atoms with Crippen LogP contribution in [-0.2, 0) is 6.54 Å². The number of fused-ring (bicyclic) bond motifs is 1. The molecule has 0 bridgehead atoms. The number of ether oxygens (including phenoxy) is 2. The predicted molar refractivity (Wildman–Crippen MR) is 114 cm³/mol. The van der Waals surface area contributed by atoms with Crippen molar-refractivity contribution in [2.45, 2.75) is 20.4 Å². The minimum Gasteiger partial charge on any atom is -0.486 e. The van der Waals surface area contributed by atoms with E-state index in [0.29, 0.717) is 31.0 Å². The maximum absolute atomic E-state index is 13.2. The molecule has 2 heterocycles. The van der Waals surface area contributed by atoms with E-state index >= 15 is 0 Å². The van der Waals surface area contributed by atoms with E-state index in [-0.39, 0.29) is 5.91 Å². The Labute approximate surface area is 178 Å². The fraction of sp³-hybridized carbons (Fsp3) is 0.273. The summed E-state index contributed by atoms with van der Waals surface area (Å²) in [6.07, 6.45) is 0. The average molecular weight is 456 g/mol. The van der Waals surface area contributed by atoms with Crippen molar-refractivity contribution in [3.63, 3.8) is 0 Å². The summed E-state index contributed by atoms with van der Waals surface area (Å²) in [5, 5.41) is 4.60. The Balaban J connectivity index is 1.57. The SMILES string of the molecule is Cc1nn(-c2ccc(Br)cc2)c(C)c1C(=O)N(C)Cc1ccc2c(c1)OCCO2. The molecule has 1 aromatic heterocycles. The van der Waals surface area contributed by atoms with E-state index in [9.17, 15) is 4.79 Å². The third-order valence-electron chi connectivity index (χ3n) is 4.95. The molecular weight excluding hydrogens is 434 g/mol. The van der Waals surface area contributed by atoms with Crippen LogP contribution in [0.3, 0.4) is 0 Å². The molecule has 29 heavy (non-hydrogen) atoms. The third kappa shape index (κ3) is 3.87. The normalized spacial score (nSPS) is 12.7. The van der Waals surface area contributed by atoms with Crippen LogP contribution in [0.5, 0.6) is 11.5 Å². The van der Waals surface area contributed by atoms with Crippen molar-refractivity contribution in [2.24, 2.45) is 0 Å². The van der Waals surface area contributed by atoms with Gasteiger partial charge in [0.05, 0.1) is 22.6 Å². The van der Waals surface area contributed by atoms with Crippen LogP contribution in [0.2, 0.25) is 0 Å². The molecule has 0 saturated heterocycles.